The number of esters is 1. The van der Waals surface area contributed by atoms with Gasteiger partial charge in [0.05, 0.1) is 4.88 Å². The van der Waals surface area contributed by atoms with Gasteiger partial charge in [0.25, 0.3) is 5.91 Å². The van der Waals surface area contributed by atoms with Crippen molar-refractivity contribution in [2.24, 2.45) is 0 Å². The number of carbonyl (C=O) groups excluding carboxylic acids is 2. The van der Waals surface area contributed by atoms with Crippen LogP contribution >= 0.6 is 11.3 Å². The van der Waals surface area contributed by atoms with Gasteiger partial charge in [-0.1, -0.05) is 36.4 Å². The molecule has 20 heavy (non-hydrogen) atoms. The summed E-state index contributed by atoms with van der Waals surface area (Å²) in [6.45, 7) is 1.67. The molecular formula is C15H15NO3S. The fourth-order valence-corrected chi connectivity index (χ4v) is 2.32. The summed E-state index contributed by atoms with van der Waals surface area (Å²) in [6, 6.07) is 13.0. The fourth-order valence-electron chi connectivity index (χ4n) is 1.68. The Morgan fingerprint density at radius 3 is 2.60 bits per heavy atom. The quantitative estimate of drug-likeness (QED) is 0.861. The molecule has 2 rings (SSSR count). The van der Waals surface area contributed by atoms with E-state index in [1.807, 2.05) is 35.7 Å². The van der Waals surface area contributed by atoms with Crippen LogP contribution in [0, 0.1) is 0 Å². The molecule has 0 aliphatic carbocycles. The number of amides is 1. The topological polar surface area (TPSA) is 55.4 Å². The Balaban J connectivity index is 1.80. The van der Waals surface area contributed by atoms with Crippen molar-refractivity contribution in [3.8, 4) is 0 Å². The lowest BCUT2D eigenvalue weighted by molar-refractivity contribution is -0.147. The van der Waals surface area contributed by atoms with Gasteiger partial charge in [0, 0.05) is 0 Å². The smallest absolute Gasteiger partial charge is 0.326 e. The van der Waals surface area contributed by atoms with Crippen LogP contribution in [0.15, 0.2) is 47.8 Å². The molecule has 0 bridgehead atoms. The van der Waals surface area contributed by atoms with Gasteiger partial charge < -0.3 is 10.1 Å². The lowest BCUT2D eigenvalue weighted by atomic mass is 10.1. The third-order valence-electron chi connectivity index (χ3n) is 2.72. The predicted molar refractivity (Wildman–Crippen MR) is 77.6 cm³/mol. The second kappa shape index (κ2) is 6.86. The van der Waals surface area contributed by atoms with Gasteiger partial charge in [0.15, 0.2) is 0 Å². The van der Waals surface area contributed by atoms with Crippen LogP contribution in [0.4, 0.5) is 0 Å². The maximum atomic E-state index is 11.7. The number of ether oxygens (including phenoxy) is 1. The van der Waals surface area contributed by atoms with Gasteiger partial charge in [-0.15, -0.1) is 11.3 Å². The number of hydrogen-bond acceptors (Lipinski definition) is 4. The van der Waals surface area contributed by atoms with E-state index >= 15 is 0 Å². The van der Waals surface area contributed by atoms with Gasteiger partial charge in [0.2, 0.25) is 0 Å². The Morgan fingerprint density at radius 1 is 1.20 bits per heavy atom. The molecular weight excluding hydrogens is 274 g/mol. The molecule has 0 saturated carbocycles. The van der Waals surface area contributed by atoms with E-state index in [1.165, 1.54) is 11.3 Å². The van der Waals surface area contributed by atoms with Crippen molar-refractivity contribution < 1.29 is 14.3 Å². The van der Waals surface area contributed by atoms with E-state index < -0.39 is 5.97 Å². The molecule has 4 nitrogen and oxygen atoms in total. The summed E-state index contributed by atoms with van der Waals surface area (Å²) < 4.78 is 5.25. The van der Waals surface area contributed by atoms with Crippen molar-refractivity contribution in [1.82, 2.24) is 5.32 Å². The highest BCUT2D eigenvalue weighted by atomic mass is 32.1. The largest absolute Gasteiger partial charge is 0.456 e. The van der Waals surface area contributed by atoms with Crippen LogP contribution in [-0.2, 0) is 9.53 Å². The van der Waals surface area contributed by atoms with Gasteiger partial charge >= 0.3 is 5.97 Å². The molecule has 0 aliphatic rings. The monoisotopic (exact) mass is 289 g/mol. The van der Waals surface area contributed by atoms with Crippen LogP contribution in [0.3, 0.4) is 0 Å². The molecule has 1 heterocycles. The molecule has 1 N–H and O–H groups in total. The molecule has 0 fully saturated rings. The minimum absolute atomic E-state index is 0.131. The van der Waals surface area contributed by atoms with Crippen molar-refractivity contribution >= 4 is 23.2 Å². The van der Waals surface area contributed by atoms with Crippen molar-refractivity contribution in [3.05, 3.63) is 58.3 Å². The van der Waals surface area contributed by atoms with Crippen molar-refractivity contribution in [1.29, 1.82) is 0 Å². The Bertz CT molecular complexity index is 566. The second-order valence-corrected chi connectivity index (χ2v) is 5.15. The number of hydrogen-bond donors (Lipinski definition) is 1. The molecule has 0 spiro atoms. The summed E-state index contributed by atoms with van der Waals surface area (Å²) in [6.07, 6.45) is -0.331. The van der Waals surface area contributed by atoms with E-state index in [0.29, 0.717) is 4.88 Å². The van der Waals surface area contributed by atoms with E-state index in [-0.39, 0.29) is 18.6 Å². The Hall–Kier alpha value is -2.14. The van der Waals surface area contributed by atoms with Crippen LogP contribution < -0.4 is 5.32 Å². The van der Waals surface area contributed by atoms with Crippen LogP contribution in [0.5, 0.6) is 0 Å². The summed E-state index contributed by atoms with van der Waals surface area (Å²) in [5.74, 6) is -0.712. The van der Waals surface area contributed by atoms with E-state index in [9.17, 15) is 9.59 Å². The maximum absolute atomic E-state index is 11.7. The van der Waals surface area contributed by atoms with Crippen molar-refractivity contribution in [2.45, 2.75) is 13.0 Å². The van der Waals surface area contributed by atoms with Gasteiger partial charge in [-0.3, -0.25) is 9.59 Å². The molecule has 104 valence electrons. The highest BCUT2D eigenvalue weighted by molar-refractivity contribution is 7.12. The van der Waals surface area contributed by atoms with Gasteiger partial charge in [0.1, 0.15) is 12.6 Å². The summed E-state index contributed by atoms with van der Waals surface area (Å²) in [7, 11) is 0. The summed E-state index contributed by atoms with van der Waals surface area (Å²) in [5.41, 5.74) is 0.922. The average Bonchev–Trinajstić information content (AvgIpc) is 3.00. The Kier molecular flexibility index (Phi) is 4.90. The zero-order valence-corrected chi connectivity index (χ0v) is 11.9. The molecule has 1 aromatic carbocycles. The SMILES string of the molecule is C[C@@H](OC(=O)CNC(=O)c1cccs1)c1ccccc1. The molecule has 0 radical (unpaired) electrons. The molecule has 5 heteroatoms. The van der Waals surface area contributed by atoms with E-state index in [2.05, 4.69) is 5.32 Å². The van der Waals surface area contributed by atoms with Crippen LogP contribution in [0.1, 0.15) is 28.3 Å². The summed E-state index contributed by atoms with van der Waals surface area (Å²) in [5, 5.41) is 4.35. The standard InChI is InChI=1S/C15H15NO3S/c1-11(12-6-3-2-4-7-12)19-14(17)10-16-15(18)13-8-5-9-20-13/h2-9,11H,10H2,1H3,(H,16,18)/t11-/m1/s1. The number of carbonyl (C=O) groups is 2. The van der Waals surface area contributed by atoms with Crippen LogP contribution in [-0.4, -0.2) is 18.4 Å². The maximum Gasteiger partial charge on any atom is 0.326 e. The highest BCUT2D eigenvalue weighted by Gasteiger charge is 2.13. The highest BCUT2D eigenvalue weighted by Crippen LogP contribution is 2.15. The third kappa shape index (κ3) is 3.93. The van der Waals surface area contributed by atoms with Crippen molar-refractivity contribution in [2.75, 3.05) is 6.54 Å². The lowest BCUT2D eigenvalue weighted by Crippen LogP contribution is -2.30. The van der Waals surface area contributed by atoms with Crippen molar-refractivity contribution in [3.63, 3.8) is 0 Å². The predicted octanol–water partition coefficient (Wildman–Crippen LogP) is 2.78. The lowest BCUT2D eigenvalue weighted by Gasteiger charge is -2.13. The van der Waals surface area contributed by atoms with E-state index in [0.717, 1.165) is 5.56 Å². The first kappa shape index (κ1) is 14.3. The third-order valence-corrected chi connectivity index (χ3v) is 3.58. The summed E-state index contributed by atoms with van der Waals surface area (Å²) in [4.78, 5) is 23.9. The molecule has 0 unspecified atom stereocenters. The normalized spacial score (nSPS) is 11.7. The number of nitrogens with one attached hydrogen (secondary N) is 1. The zero-order chi connectivity index (χ0) is 14.4. The van der Waals surface area contributed by atoms with Gasteiger partial charge in [-0.2, -0.15) is 0 Å². The second-order valence-electron chi connectivity index (χ2n) is 4.20. The minimum atomic E-state index is -0.453. The zero-order valence-electron chi connectivity index (χ0n) is 11.0. The van der Waals surface area contributed by atoms with E-state index in [1.54, 1.807) is 19.1 Å². The molecule has 0 aliphatic heterocycles. The first-order valence-corrected chi connectivity index (χ1v) is 7.11. The number of rotatable bonds is 5. The fraction of sp³-hybridized carbons (Fsp3) is 0.200. The van der Waals surface area contributed by atoms with Gasteiger partial charge in [-0.25, -0.2) is 0 Å². The minimum Gasteiger partial charge on any atom is -0.456 e. The molecule has 1 aromatic heterocycles. The number of benzene rings is 1. The van der Waals surface area contributed by atoms with Crippen LogP contribution in [0.25, 0.3) is 0 Å². The average molecular weight is 289 g/mol. The Morgan fingerprint density at radius 2 is 1.95 bits per heavy atom. The van der Waals surface area contributed by atoms with Crippen LogP contribution in [0.2, 0.25) is 0 Å². The molecule has 2 aromatic rings. The first-order chi connectivity index (χ1) is 9.66. The summed E-state index contributed by atoms with van der Waals surface area (Å²) >= 11 is 1.33. The van der Waals surface area contributed by atoms with E-state index in [4.69, 9.17) is 4.74 Å². The van der Waals surface area contributed by atoms with Gasteiger partial charge in [-0.05, 0) is 23.9 Å². The molecule has 1 amide bonds. The number of thiophene rings is 1. The first-order valence-electron chi connectivity index (χ1n) is 6.23. The molecule has 1 atom stereocenters. The molecule has 0 saturated heterocycles. The Labute approximate surface area is 121 Å².